The summed E-state index contributed by atoms with van der Waals surface area (Å²) < 4.78 is 1.76. The summed E-state index contributed by atoms with van der Waals surface area (Å²) in [6.07, 6.45) is 2.08. The van der Waals surface area contributed by atoms with E-state index >= 15 is 0 Å². The molecule has 2 N–H and O–H groups in total. The Morgan fingerprint density at radius 1 is 1.38 bits per heavy atom. The zero-order chi connectivity index (χ0) is 19.1. The van der Waals surface area contributed by atoms with Crippen molar-refractivity contribution in [2.75, 3.05) is 13.1 Å². The van der Waals surface area contributed by atoms with Crippen molar-refractivity contribution in [3.8, 4) is 10.6 Å². The standard InChI is InChI=1S/C20H25N5OS.2ClH/c1-12(21)14-6-4-8-25(11-14)20(26)15-10-16(17-7-5-9-27-17)22-19-18(15)13(2)23-24(19)3;;/h5,7,9-10,12,14H,4,6,8,11,21H2,1-3H3;2*1H. The minimum absolute atomic E-state index is 0. The number of nitrogens with two attached hydrogens (primary N) is 1. The zero-order valence-corrected chi connectivity index (χ0v) is 19.2. The molecule has 0 aliphatic carbocycles. The Bertz CT molecular complexity index is 987. The molecule has 1 fully saturated rings. The summed E-state index contributed by atoms with van der Waals surface area (Å²) >= 11 is 1.62. The maximum Gasteiger partial charge on any atom is 0.254 e. The lowest BCUT2D eigenvalue weighted by atomic mass is 9.91. The van der Waals surface area contributed by atoms with Gasteiger partial charge in [-0.05, 0) is 50.1 Å². The minimum Gasteiger partial charge on any atom is -0.338 e. The van der Waals surface area contributed by atoms with E-state index in [0.717, 1.165) is 46.7 Å². The normalized spacial score (nSPS) is 17.5. The molecule has 0 spiro atoms. The maximum atomic E-state index is 13.5. The number of rotatable bonds is 3. The van der Waals surface area contributed by atoms with Gasteiger partial charge in [0.05, 0.1) is 27.2 Å². The fraction of sp³-hybridized carbons (Fsp3) is 0.450. The maximum absolute atomic E-state index is 13.5. The summed E-state index contributed by atoms with van der Waals surface area (Å²) in [5.74, 6) is 0.411. The molecule has 29 heavy (non-hydrogen) atoms. The first kappa shape index (κ1) is 23.6. The van der Waals surface area contributed by atoms with E-state index in [1.165, 1.54) is 0 Å². The number of likely N-dealkylation sites (tertiary alicyclic amines) is 1. The van der Waals surface area contributed by atoms with Crippen LogP contribution in [0.15, 0.2) is 23.6 Å². The second kappa shape index (κ2) is 9.43. The molecule has 1 aliphatic heterocycles. The van der Waals surface area contributed by atoms with Gasteiger partial charge in [-0.25, -0.2) is 4.98 Å². The molecule has 158 valence electrons. The number of aromatic nitrogens is 3. The van der Waals surface area contributed by atoms with Crippen molar-refractivity contribution in [2.45, 2.75) is 32.7 Å². The van der Waals surface area contributed by atoms with E-state index in [4.69, 9.17) is 10.7 Å². The van der Waals surface area contributed by atoms with Crippen molar-refractivity contribution in [3.05, 3.63) is 34.8 Å². The largest absolute Gasteiger partial charge is 0.338 e. The Morgan fingerprint density at radius 3 is 2.79 bits per heavy atom. The second-order valence-electron chi connectivity index (χ2n) is 7.45. The zero-order valence-electron chi connectivity index (χ0n) is 16.8. The average Bonchev–Trinajstić information content (AvgIpc) is 3.29. The van der Waals surface area contributed by atoms with Crippen LogP contribution in [0.4, 0.5) is 0 Å². The number of amides is 1. The van der Waals surface area contributed by atoms with Crippen LogP contribution in [-0.4, -0.2) is 44.7 Å². The molecule has 0 radical (unpaired) electrons. The molecule has 0 saturated carbocycles. The molecule has 3 aromatic rings. The summed E-state index contributed by atoms with van der Waals surface area (Å²) in [6, 6.07) is 6.06. The van der Waals surface area contributed by atoms with Gasteiger partial charge in [-0.15, -0.1) is 36.2 Å². The first-order chi connectivity index (χ1) is 13.0. The molecular weight excluding hydrogens is 429 g/mol. The van der Waals surface area contributed by atoms with Crippen molar-refractivity contribution in [1.29, 1.82) is 0 Å². The first-order valence-corrected chi connectivity index (χ1v) is 10.3. The smallest absolute Gasteiger partial charge is 0.254 e. The lowest BCUT2D eigenvalue weighted by molar-refractivity contribution is 0.0663. The van der Waals surface area contributed by atoms with Crippen LogP contribution >= 0.6 is 36.2 Å². The highest BCUT2D eigenvalue weighted by atomic mass is 35.5. The van der Waals surface area contributed by atoms with E-state index in [-0.39, 0.29) is 36.8 Å². The predicted octanol–water partition coefficient (Wildman–Crippen LogP) is 4.05. The molecule has 0 aromatic carbocycles. The highest BCUT2D eigenvalue weighted by Gasteiger charge is 2.29. The van der Waals surface area contributed by atoms with Crippen molar-refractivity contribution in [3.63, 3.8) is 0 Å². The molecule has 4 heterocycles. The lowest BCUT2D eigenvalue weighted by Gasteiger charge is -2.34. The Kier molecular flexibility index (Phi) is 7.67. The number of nitrogens with zero attached hydrogens (tertiary/aromatic N) is 4. The number of fused-ring (bicyclic) bond motifs is 1. The number of thiophene rings is 1. The van der Waals surface area contributed by atoms with Crippen LogP contribution in [0.1, 0.15) is 35.8 Å². The van der Waals surface area contributed by atoms with Gasteiger partial charge in [0.15, 0.2) is 5.65 Å². The highest BCUT2D eigenvalue weighted by Crippen LogP contribution is 2.31. The number of hydrogen-bond acceptors (Lipinski definition) is 5. The molecule has 6 nitrogen and oxygen atoms in total. The first-order valence-electron chi connectivity index (χ1n) is 9.38. The molecule has 9 heteroatoms. The summed E-state index contributed by atoms with van der Waals surface area (Å²) in [4.78, 5) is 21.3. The fourth-order valence-electron chi connectivity index (χ4n) is 3.96. The van der Waals surface area contributed by atoms with Gasteiger partial charge in [0.1, 0.15) is 0 Å². The van der Waals surface area contributed by atoms with Gasteiger partial charge < -0.3 is 10.6 Å². The summed E-state index contributed by atoms with van der Waals surface area (Å²) in [6.45, 7) is 5.46. The summed E-state index contributed by atoms with van der Waals surface area (Å²) in [7, 11) is 1.88. The fourth-order valence-corrected chi connectivity index (χ4v) is 4.64. The lowest BCUT2D eigenvalue weighted by Crippen LogP contribution is -2.45. The number of halogens is 2. The topological polar surface area (TPSA) is 77.0 Å². The van der Waals surface area contributed by atoms with Crippen LogP contribution in [0.3, 0.4) is 0 Å². The quantitative estimate of drug-likeness (QED) is 0.645. The van der Waals surface area contributed by atoms with Gasteiger partial charge in [0.2, 0.25) is 0 Å². The number of carbonyl (C=O) groups excluding carboxylic acids is 1. The van der Waals surface area contributed by atoms with Crippen LogP contribution in [-0.2, 0) is 7.05 Å². The molecule has 0 bridgehead atoms. The predicted molar refractivity (Wildman–Crippen MR) is 123 cm³/mol. The molecule has 4 rings (SSSR count). The van der Waals surface area contributed by atoms with Crippen molar-refractivity contribution in [1.82, 2.24) is 19.7 Å². The Balaban J connectivity index is 0.00000150. The third-order valence-electron chi connectivity index (χ3n) is 5.46. The van der Waals surface area contributed by atoms with Crippen LogP contribution < -0.4 is 5.73 Å². The number of piperidine rings is 1. The van der Waals surface area contributed by atoms with Gasteiger partial charge in [-0.1, -0.05) is 6.07 Å². The van der Waals surface area contributed by atoms with E-state index in [1.54, 1.807) is 16.0 Å². The minimum atomic E-state index is 0. The number of carbonyl (C=O) groups is 1. The average molecular weight is 456 g/mol. The van der Waals surface area contributed by atoms with Gasteiger partial charge in [-0.3, -0.25) is 9.48 Å². The Hall–Kier alpha value is -1.67. The monoisotopic (exact) mass is 455 g/mol. The second-order valence-corrected chi connectivity index (χ2v) is 8.40. The third-order valence-corrected chi connectivity index (χ3v) is 6.35. The van der Waals surface area contributed by atoms with Crippen molar-refractivity contribution >= 4 is 53.1 Å². The third kappa shape index (κ3) is 4.43. The SMILES string of the molecule is Cc1nn(C)c2nc(-c3cccs3)cc(C(=O)N3CCCC(C(C)N)C3)c12.Cl.Cl. The molecule has 1 saturated heterocycles. The molecule has 1 aliphatic rings. The molecular formula is C20H27Cl2N5OS. The van der Waals surface area contributed by atoms with E-state index in [1.807, 2.05) is 49.4 Å². The highest BCUT2D eigenvalue weighted by molar-refractivity contribution is 7.13. The molecule has 2 atom stereocenters. The van der Waals surface area contributed by atoms with Crippen LogP contribution in [0.25, 0.3) is 21.6 Å². The van der Waals surface area contributed by atoms with Gasteiger partial charge in [0, 0.05) is 26.2 Å². The molecule has 1 amide bonds. The Labute approximate surface area is 187 Å². The van der Waals surface area contributed by atoms with E-state index in [9.17, 15) is 4.79 Å². The van der Waals surface area contributed by atoms with E-state index < -0.39 is 0 Å². The number of aryl methyl sites for hydroxylation is 2. The van der Waals surface area contributed by atoms with Gasteiger partial charge in [-0.2, -0.15) is 5.10 Å². The van der Waals surface area contributed by atoms with E-state index in [0.29, 0.717) is 18.0 Å². The summed E-state index contributed by atoms with van der Waals surface area (Å²) in [5, 5.41) is 7.39. The van der Waals surface area contributed by atoms with Crippen LogP contribution in [0, 0.1) is 12.8 Å². The number of pyridine rings is 1. The Morgan fingerprint density at radius 2 is 2.14 bits per heavy atom. The molecule has 3 aromatic heterocycles. The molecule has 2 unspecified atom stereocenters. The van der Waals surface area contributed by atoms with Crippen molar-refractivity contribution in [2.24, 2.45) is 18.7 Å². The number of hydrogen-bond donors (Lipinski definition) is 1. The van der Waals surface area contributed by atoms with Gasteiger partial charge in [0.25, 0.3) is 5.91 Å². The van der Waals surface area contributed by atoms with Gasteiger partial charge >= 0.3 is 0 Å². The van der Waals surface area contributed by atoms with Crippen LogP contribution in [0.5, 0.6) is 0 Å². The van der Waals surface area contributed by atoms with Crippen molar-refractivity contribution < 1.29 is 4.79 Å². The van der Waals surface area contributed by atoms with Crippen LogP contribution in [0.2, 0.25) is 0 Å². The summed E-state index contributed by atoms with van der Waals surface area (Å²) in [5.41, 5.74) is 9.22. The van der Waals surface area contributed by atoms with E-state index in [2.05, 4.69) is 5.10 Å².